The van der Waals surface area contributed by atoms with Crippen molar-refractivity contribution < 1.29 is 4.79 Å². The molecule has 3 aromatic carbocycles. The van der Waals surface area contributed by atoms with Crippen molar-refractivity contribution in [3.63, 3.8) is 0 Å². The molecule has 2 N–H and O–H groups in total. The SMILES string of the molecule is CC12Cc3ccccc3CC1(c1cccc(C(N)=O)c1)CCN(CCc1ccccc1)C2. The zero-order valence-electron chi connectivity index (χ0n) is 18.9. The molecule has 3 heteroatoms. The van der Waals surface area contributed by atoms with Crippen LogP contribution in [0.5, 0.6) is 0 Å². The first-order valence-electron chi connectivity index (χ1n) is 11.7. The second kappa shape index (κ2) is 8.22. The molecular formula is C29H32N2O. The van der Waals surface area contributed by atoms with Crippen molar-refractivity contribution in [2.75, 3.05) is 19.6 Å². The summed E-state index contributed by atoms with van der Waals surface area (Å²) in [5, 5.41) is 0. The Kier molecular flexibility index (Phi) is 5.38. The number of hydrogen-bond acceptors (Lipinski definition) is 2. The van der Waals surface area contributed by atoms with Crippen LogP contribution in [-0.4, -0.2) is 30.4 Å². The first-order chi connectivity index (χ1) is 15.5. The van der Waals surface area contributed by atoms with E-state index < -0.39 is 0 Å². The summed E-state index contributed by atoms with van der Waals surface area (Å²) in [5.74, 6) is -0.346. The normalized spacial score (nSPS) is 25.0. The van der Waals surface area contributed by atoms with E-state index in [1.807, 2.05) is 12.1 Å². The molecule has 0 saturated carbocycles. The molecule has 5 rings (SSSR count). The van der Waals surface area contributed by atoms with E-state index in [0.717, 1.165) is 45.3 Å². The van der Waals surface area contributed by atoms with E-state index in [2.05, 4.69) is 78.6 Å². The second-order valence-corrected chi connectivity index (χ2v) is 9.97. The van der Waals surface area contributed by atoms with E-state index in [1.54, 1.807) is 0 Å². The first-order valence-corrected chi connectivity index (χ1v) is 11.7. The van der Waals surface area contributed by atoms with Gasteiger partial charge in [-0.3, -0.25) is 4.79 Å². The molecule has 3 nitrogen and oxygen atoms in total. The molecule has 1 heterocycles. The number of carbonyl (C=O) groups is 1. The van der Waals surface area contributed by atoms with Gasteiger partial charge in [0.1, 0.15) is 0 Å². The number of benzene rings is 3. The molecule has 0 spiro atoms. The van der Waals surface area contributed by atoms with Crippen LogP contribution in [0.1, 0.15) is 46.0 Å². The number of likely N-dealkylation sites (tertiary alicyclic amines) is 1. The van der Waals surface area contributed by atoms with Crippen molar-refractivity contribution in [3.8, 4) is 0 Å². The summed E-state index contributed by atoms with van der Waals surface area (Å²) < 4.78 is 0. The Bertz CT molecular complexity index is 1120. The van der Waals surface area contributed by atoms with Gasteiger partial charge in [-0.25, -0.2) is 0 Å². The number of fused-ring (bicyclic) bond motifs is 2. The predicted molar refractivity (Wildman–Crippen MR) is 130 cm³/mol. The summed E-state index contributed by atoms with van der Waals surface area (Å²) in [5.41, 5.74) is 12.0. The molecular weight excluding hydrogens is 392 g/mol. The average Bonchev–Trinajstić information content (AvgIpc) is 2.81. The van der Waals surface area contributed by atoms with Gasteiger partial charge in [0, 0.05) is 24.1 Å². The fourth-order valence-electron chi connectivity index (χ4n) is 6.24. The Morgan fingerprint density at radius 1 is 0.938 bits per heavy atom. The molecule has 1 amide bonds. The number of nitrogens with zero attached hydrogens (tertiary/aromatic N) is 1. The lowest BCUT2D eigenvalue weighted by Crippen LogP contribution is -2.60. The van der Waals surface area contributed by atoms with Crippen molar-refractivity contribution in [3.05, 3.63) is 107 Å². The van der Waals surface area contributed by atoms with Crippen LogP contribution in [0.3, 0.4) is 0 Å². The number of primary amides is 1. The summed E-state index contributed by atoms with van der Waals surface area (Å²) in [7, 11) is 0. The summed E-state index contributed by atoms with van der Waals surface area (Å²) >= 11 is 0. The van der Waals surface area contributed by atoms with Crippen molar-refractivity contribution in [1.82, 2.24) is 4.90 Å². The molecule has 1 aliphatic carbocycles. The monoisotopic (exact) mass is 424 g/mol. The standard InChI is InChI=1S/C29H32N2O/c1-28-19-24-10-5-6-11-25(24)20-29(28,26-13-7-12-23(18-26)27(30)32)15-17-31(21-28)16-14-22-8-3-2-4-9-22/h2-13,18H,14-17,19-21H2,1H3,(H2,30,32). The lowest BCUT2D eigenvalue weighted by atomic mass is 9.50. The van der Waals surface area contributed by atoms with Crippen LogP contribution < -0.4 is 5.73 Å². The summed E-state index contributed by atoms with van der Waals surface area (Å²) in [6.07, 6.45) is 4.26. The molecule has 2 unspecified atom stereocenters. The molecule has 0 bridgehead atoms. The number of nitrogens with two attached hydrogens (primary N) is 1. The molecule has 1 saturated heterocycles. The number of rotatable bonds is 5. The largest absolute Gasteiger partial charge is 0.366 e. The highest BCUT2D eigenvalue weighted by molar-refractivity contribution is 5.93. The maximum Gasteiger partial charge on any atom is 0.248 e. The van der Waals surface area contributed by atoms with Crippen LogP contribution in [0.25, 0.3) is 0 Å². The van der Waals surface area contributed by atoms with Gasteiger partial charge in [-0.05, 0) is 72.0 Å². The molecule has 3 aromatic rings. The quantitative estimate of drug-likeness (QED) is 0.641. The molecule has 2 aliphatic rings. The van der Waals surface area contributed by atoms with Gasteiger partial charge in [-0.2, -0.15) is 0 Å². The molecule has 0 radical (unpaired) electrons. The van der Waals surface area contributed by atoms with Crippen molar-refractivity contribution in [1.29, 1.82) is 0 Å². The number of hydrogen-bond donors (Lipinski definition) is 1. The van der Waals surface area contributed by atoms with Crippen molar-refractivity contribution in [2.45, 2.75) is 38.0 Å². The zero-order chi connectivity index (χ0) is 22.2. The first kappa shape index (κ1) is 21.0. The molecule has 0 aromatic heterocycles. The molecule has 32 heavy (non-hydrogen) atoms. The highest BCUT2D eigenvalue weighted by atomic mass is 16.1. The molecule has 1 aliphatic heterocycles. The predicted octanol–water partition coefficient (Wildman–Crippen LogP) is 4.78. The second-order valence-electron chi connectivity index (χ2n) is 9.97. The van der Waals surface area contributed by atoms with Crippen molar-refractivity contribution >= 4 is 5.91 Å². The molecule has 164 valence electrons. The summed E-state index contributed by atoms with van der Waals surface area (Å²) in [4.78, 5) is 14.6. The van der Waals surface area contributed by atoms with Crippen molar-refractivity contribution in [2.24, 2.45) is 11.1 Å². The van der Waals surface area contributed by atoms with Crippen LogP contribution in [0.2, 0.25) is 0 Å². The minimum Gasteiger partial charge on any atom is -0.366 e. The number of piperidine rings is 1. The minimum absolute atomic E-state index is 0.00998. The van der Waals surface area contributed by atoms with Crippen LogP contribution in [-0.2, 0) is 24.7 Å². The summed E-state index contributed by atoms with van der Waals surface area (Å²) in [6.45, 7) is 5.69. The number of amides is 1. The van der Waals surface area contributed by atoms with Gasteiger partial charge in [0.05, 0.1) is 0 Å². The van der Waals surface area contributed by atoms with Gasteiger partial charge >= 0.3 is 0 Å². The Morgan fingerprint density at radius 3 is 2.41 bits per heavy atom. The van der Waals surface area contributed by atoms with Gasteiger partial charge in [0.25, 0.3) is 0 Å². The number of carbonyl (C=O) groups excluding carboxylic acids is 1. The molecule has 2 atom stereocenters. The highest BCUT2D eigenvalue weighted by Gasteiger charge is 2.54. The van der Waals surface area contributed by atoms with Gasteiger partial charge in [0.2, 0.25) is 5.91 Å². The maximum absolute atomic E-state index is 12.0. The van der Waals surface area contributed by atoms with Crippen LogP contribution in [0.4, 0.5) is 0 Å². The Morgan fingerprint density at radius 2 is 1.66 bits per heavy atom. The van der Waals surface area contributed by atoms with Gasteiger partial charge in [-0.15, -0.1) is 0 Å². The Labute approximate surface area is 191 Å². The lowest BCUT2D eigenvalue weighted by Gasteiger charge is -2.58. The third-order valence-corrected chi connectivity index (χ3v) is 8.03. The van der Waals surface area contributed by atoms with Gasteiger partial charge < -0.3 is 10.6 Å². The van der Waals surface area contributed by atoms with Crippen LogP contribution in [0, 0.1) is 5.41 Å². The van der Waals surface area contributed by atoms with E-state index in [-0.39, 0.29) is 16.7 Å². The minimum atomic E-state index is -0.346. The Balaban J connectivity index is 1.49. The fraction of sp³-hybridized carbons (Fsp3) is 0.345. The van der Waals surface area contributed by atoms with Gasteiger partial charge in [-0.1, -0.05) is 73.7 Å². The third kappa shape index (κ3) is 3.65. The highest BCUT2D eigenvalue weighted by Crippen LogP contribution is 2.55. The zero-order valence-corrected chi connectivity index (χ0v) is 18.9. The van der Waals surface area contributed by atoms with E-state index in [9.17, 15) is 4.79 Å². The van der Waals surface area contributed by atoms with Crippen LogP contribution in [0.15, 0.2) is 78.9 Å². The van der Waals surface area contributed by atoms with Crippen LogP contribution >= 0.6 is 0 Å². The summed E-state index contributed by atoms with van der Waals surface area (Å²) in [6, 6.07) is 27.8. The van der Waals surface area contributed by atoms with Gasteiger partial charge in [0.15, 0.2) is 0 Å². The lowest BCUT2D eigenvalue weighted by molar-refractivity contribution is 0.00443. The van der Waals surface area contributed by atoms with E-state index in [1.165, 1.54) is 22.3 Å². The topological polar surface area (TPSA) is 46.3 Å². The smallest absolute Gasteiger partial charge is 0.248 e. The maximum atomic E-state index is 12.0. The average molecular weight is 425 g/mol. The fourth-order valence-corrected chi connectivity index (χ4v) is 6.24. The molecule has 1 fully saturated rings. The van der Waals surface area contributed by atoms with E-state index in [0.29, 0.717) is 5.56 Å². The Hall–Kier alpha value is -2.91. The van der Waals surface area contributed by atoms with E-state index >= 15 is 0 Å². The third-order valence-electron chi connectivity index (χ3n) is 8.03. The van der Waals surface area contributed by atoms with E-state index in [4.69, 9.17) is 5.73 Å².